The number of amides is 1. The first-order valence-electron chi connectivity index (χ1n) is 9.66. The van der Waals surface area contributed by atoms with Crippen molar-refractivity contribution >= 4 is 28.7 Å². The molecule has 4 N–H and O–H groups in total. The van der Waals surface area contributed by atoms with Crippen molar-refractivity contribution in [3.8, 4) is 0 Å². The topological polar surface area (TPSA) is 90.0 Å². The fourth-order valence-corrected chi connectivity index (χ4v) is 3.69. The molecule has 1 aromatic heterocycles. The summed E-state index contributed by atoms with van der Waals surface area (Å²) in [6.45, 7) is 0. The summed E-state index contributed by atoms with van der Waals surface area (Å²) in [6, 6.07) is 14.8. The normalized spacial score (nSPS) is 14.8. The Morgan fingerprint density at radius 2 is 1.96 bits per heavy atom. The molecule has 0 aliphatic heterocycles. The van der Waals surface area contributed by atoms with Crippen LogP contribution in [0.5, 0.6) is 0 Å². The van der Waals surface area contributed by atoms with Crippen LogP contribution in [-0.2, 0) is 11.2 Å². The second-order valence-corrected chi connectivity index (χ2v) is 7.27. The number of rotatable bonds is 6. The number of aromatic nitrogens is 2. The third-order valence-corrected chi connectivity index (χ3v) is 5.15. The van der Waals surface area contributed by atoms with E-state index >= 15 is 0 Å². The van der Waals surface area contributed by atoms with Crippen molar-refractivity contribution in [1.82, 2.24) is 15.4 Å². The predicted octanol–water partition coefficient (Wildman–Crippen LogP) is 4.03. The lowest BCUT2D eigenvalue weighted by Gasteiger charge is -2.13. The van der Waals surface area contributed by atoms with Crippen molar-refractivity contribution in [2.24, 2.45) is 0 Å². The van der Waals surface area contributed by atoms with Gasteiger partial charge < -0.3 is 10.3 Å². The van der Waals surface area contributed by atoms with Gasteiger partial charge in [-0.3, -0.25) is 10.0 Å². The molecule has 1 heterocycles. The number of H-pyrrole nitrogens is 1. The van der Waals surface area contributed by atoms with Crippen LogP contribution < -0.4 is 10.8 Å². The predicted molar refractivity (Wildman–Crippen MR) is 110 cm³/mol. The highest BCUT2D eigenvalue weighted by Crippen LogP contribution is 2.24. The maximum Gasteiger partial charge on any atom is 0.267 e. The number of carbonyl (C=O) groups is 1. The molecule has 28 heavy (non-hydrogen) atoms. The van der Waals surface area contributed by atoms with Crippen LogP contribution >= 0.6 is 0 Å². The molecule has 0 spiro atoms. The molecule has 1 fully saturated rings. The van der Waals surface area contributed by atoms with E-state index in [2.05, 4.69) is 28.5 Å². The van der Waals surface area contributed by atoms with E-state index in [1.807, 2.05) is 24.3 Å². The van der Waals surface area contributed by atoms with Crippen LogP contribution in [0, 0.1) is 0 Å². The van der Waals surface area contributed by atoms with Crippen LogP contribution in [0.4, 0.5) is 5.69 Å². The first kappa shape index (κ1) is 18.3. The number of nitrogens with one attached hydrogen (secondary N) is 3. The van der Waals surface area contributed by atoms with Crippen molar-refractivity contribution in [2.75, 3.05) is 5.32 Å². The summed E-state index contributed by atoms with van der Waals surface area (Å²) in [5, 5.41) is 12.1. The Morgan fingerprint density at radius 3 is 2.71 bits per heavy atom. The van der Waals surface area contributed by atoms with Gasteiger partial charge in [0.15, 0.2) is 0 Å². The van der Waals surface area contributed by atoms with Gasteiger partial charge in [0.25, 0.3) is 5.91 Å². The molecule has 4 rings (SSSR count). The highest BCUT2D eigenvalue weighted by Gasteiger charge is 2.14. The fraction of sp³-hybridized carbons (Fsp3) is 0.273. The van der Waals surface area contributed by atoms with Gasteiger partial charge in [0.2, 0.25) is 0 Å². The lowest BCUT2D eigenvalue weighted by Crippen LogP contribution is -2.14. The molecular formula is C22H24N4O2. The van der Waals surface area contributed by atoms with E-state index in [1.165, 1.54) is 31.8 Å². The minimum Gasteiger partial charge on any atom is -0.382 e. The summed E-state index contributed by atoms with van der Waals surface area (Å²) in [6.07, 6.45) is 8.78. The van der Waals surface area contributed by atoms with Crippen LogP contribution in [0.1, 0.15) is 42.6 Å². The van der Waals surface area contributed by atoms with E-state index in [0.29, 0.717) is 12.5 Å². The summed E-state index contributed by atoms with van der Waals surface area (Å²) in [5.41, 5.74) is 6.77. The molecule has 144 valence electrons. The largest absolute Gasteiger partial charge is 0.382 e. The van der Waals surface area contributed by atoms with Gasteiger partial charge in [-0.1, -0.05) is 37.1 Å². The summed E-state index contributed by atoms with van der Waals surface area (Å²) < 4.78 is 0. The summed E-state index contributed by atoms with van der Waals surface area (Å²) >= 11 is 0. The zero-order valence-corrected chi connectivity index (χ0v) is 15.6. The Labute approximate surface area is 163 Å². The van der Waals surface area contributed by atoms with Gasteiger partial charge in [-0.25, -0.2) is 10.5 Å². The third-order valence-electron chi connectivity index (χ3n) is 5.15. The number of nitrogens with zero attached hydrogens (tertiary/aromatic N) is 1. The van der Waals surface area contributed by atoms with E-state index in [4.69, 9.17) is 10.2 Å². The van der Waals surface area contributed by atoms with Gasteiger partial charge in [-0.05, 0) is 48.2 Å². The molecule has 0 radical (unpaired) electrons. The fourth-order valence-electron chi connectivity index (χ4n) is 3.69. The zero-order chi connectivity index (χ0) is 19.3. The first-order chi connectivity index (χ1) is 13.7. The monoisotopic (exact) mass is 376 g/mol. The lowest BCUT2D eigenvalue weighted by atomic mass is 10.1. The molecular weight excluding hydrogens is 352 g/mol. The van der Waals surface area contributed by atoms with Crippen molar-refractivity contribution < 1.29 is 10.0 Å². The summed E-state index contributed by atoms with van der Waals surface area (Å²) in [5.74, 6) is 0.379. The molecule has 1 aliphatic carbocycles. The van der Waals surface area contributed by atoms with Crippen LogP contribution in [0.25, 0.3) is 17.1 Å². The second kappa shape index (κ2) is 8.27. The van der Waals surface area contributed by atoms with Crippen LogP contribution in [0.15, 0.2) is 48.5 Å². The molecule has 3 aromatic rings. The molecule has 0 unspecified atom stereocenters. The van der Waals surface area contributed by atoms with Crippen LogP contribution in [-0.4, -0.2) is 27.1 Å². The van der Waals surface area contributed by atoms with Crippen molar-refractivity contribution in [1.29, 1.82) is 0 Å². The molecule has 2 aromatic carbocycles. The lowest BCUT2D eigenvalue weighted by molar-refractivity contribution is -0.124. The van der Waals surface area contributed by atoms with Gasteiger partial charge >= 0.3 is 0 Å². The SMILES string of the molecule is O=C(/C=C/c1ccc(Cc2nc3ccc(NC4CCCC4)cc3[nH]2)cc1)NO. The van der Waals surface area contributed by atoms with Gasteiger partial charge in [-0.2, -0.15) is 0 Å². The maximum atomic E-state index is 11.0. The number of fused-ring (bicyclic) bond motifs is 1. The number of anilines is 1. The zero-order valence-electron chi connectivity index (χ0n) is 15.6. The van der Waals surface area contributed by atoms with E-state index < -0.39 is 5.91 Å². The summed E-state index contributed by atoms with van der Waals surface area (Å²) in [7, 11) is 0. The number of hydrogen-bond donors (Lipinski definition) is 4. The molecule has 0 atom stereocenters. The molecule has 6 nitrogen and oxygen atoms in total. The van der Waals surface area contributed by atoms with Crippen molar-refractivity contribution in [3.05, 3.63) is 65.5 Å². The van der Waals surface area contributed by atoms with Gasteiger partial charge in [0, 0.05) is 24.2 Å². The Bertz CT molecular complexity index is 985. The van der Waals surface area contributed by atoms with Crippen molar-refractivity contribution in [2.45, 2.75) is 38.1 Å². The van der Waals surface area contributed by atoms with Crippen LogP contribution in [0.2, 0.25) is 0 Å². The molecule has 1 aliphatic rings. The minimum absolute atomic E-state index is 0.548. The Kier molecular flexibility index (Phi) is 5.39. The average molecular weight is 376 g/mol. The summed E-state index contributed by atoms with van der Waals surface area (Å²) in [4.78, 5) is 19.2. The number of carbonyl (C=O) groups excluding carboxylic acids is 1. The highest BCUT2D eigenvalue weighted by atomic mass is 16.5. The second-order valence-electron chi connectivity index (χ2n) is 7.27. The molecule has 1 amide bonds. The first-order valence-corrected chi connectivity index (χ1v) is 9.66. The van der Waals surface area contributed by atoms with E-state index in [0.717, 1.165) is 33.7 Å². The Hall–Kier alpha value is -3.12. The van der Waals surface area contributed by atoms with Gasteiger partial charge in [0.05, 0.1) is 11.0 Å². The number of aromatic amines is 1. The number of hydrogen-bond acceptors (Lipinski definition) is 4. The Balaban J connectivity index is 1.44. The molecule has 0 saturated heterocycles. The quantitative estimate of drug-likeness (QED) is 0.297. The third kappa shape index (κ3) is 4.40. The number of hydroxylamine groups is 1. The van der Waals surface area contributed by atoms with Crippen LogP contribution in [0.3, 0.4) is 0 Å². The van der Waals surface area contributed by atoms with E-state index in [-0.39, 0.29) is 0 Å². The van der Waals surface area contributed by atoms with E-state index in [1.54, 1.807) is 11.6 Å². The number of imidazole rings is 1. The number of benzene rings is 2. The van der Waals surface area contributed by atoms with Gasteiger partial charge in [-0.15, -0.1) is 0 Å². The van der Waals surface area contributed by atoms with Crippen molar-refractivity contribution in [3.63, 3.8) is 0 Å². The Morgan fingerprint density at radius 1 is 1.18 bits per heavy atom. The standard InChI is InChI=1S/C22H24N4O2/c27-22(26-28)12-9-15-5-7-16(8-6-15)13-21-24-19-11-10-18(14-20(19)25-21)23-17-3-1-2-4-17/h5-12,14,17,23,28H,1-4,13H2,(H,24,25)(H,26,27)/b12-9+. The maximum absolute atomic E-state index is 11.0. The van der Waals surface area contributed by atoms with E-state index in [9.17, 15) is 4.79 Å². The molecule has 1 saturated carbocycles. The van der Waals surface area contributed by atoms with Gasteiger partial charge in [0.1, 0.15) is 5.82 Å². The molecule has 6 heteroatoms. The minimum atomic E-state index is -0.548. The highest BCUT2D eigenvalue weighted by molar-refractivity contribution is 5.90. The smallest absolute Gasteiger partial charge is 0.267 e. The average Bonchev–Trinajstić information content (AvgIpc) is 3.36. The molecule has 0 bridgehead atoms.